The van der Waals surface area contributed by atoms with Crippen molar-refractivity contribution >= 4 is 0 Å². The molecule has 1 heterocycles. The summed E-state index contributed by atoms with van der Waals surface area (Å²) in [6.07, 6.45) is -3.66. The van der Waals surface area contributed by atoms with Crippen LogP contribution in [0.15, 0.2) is 24.3 Å². The Kier molecular flexibility index (Phi) is 5.30. The minimum Gasteiger partial charge on any atom is -0.464 e. The maximum atomic E-state index is 9.73. The lowest BCUT2D eigenvalue weighted by Gasteiger charge is -2.36. The molecule has 0 radical (unpaired) electrons. The summed E-state index contributed by atoms with van der Waals surface area (Å²) in [6.45, 7) is -0.219. The van der Waals surface area contributed by atoms with Crippen molar-refractivity contribution in [2.24, 2.45) is 5.90 Å². The van der Waals surface area contributed by atoms with Crippen LogP contribution in [0.2, 0.25) is 0 Å². The van der Waals surface area contributed by atoms with Gasteiger partial charge in [-0.05, 0) is 6.07 Å². The molecule has 1 aromatic carbocycles. The summed E-state index contributed by atoms with van der Waals surface area (Å²) in [4.78, 5) is 4.59. The lowest BCUT2D eigenvalue weighted by molar-refractivity contribution is -0.230. The van der Waals surface area contributed by atoms with Crippen molar-refractivity contribution in [2.45, 2.75) is 37.6 Å². The first-order valence-corrected chi connectivity index (χ1v) is 6.34. The average molecular weight is 285 g/mol. The van der Waals surface area contributed by atoms with Gasteiger partial charge < -0.3 is 24.8 Å². The molecule has 2 rings (SSSR count). The quantitative estimate of drug-likeness (QED) is 0.528. The van der Waals surface area contributed by atoms with Gasteiger partial charge in [-0.2, -0.15) is 0 Å². The number of para-hydroxylation sites is 1. The molecule has 0 aromatic heterocycles. The van der Waals surface area contributed by atoms with Crippen molar-refractivity contribution in [3.63, 3.8) is 0 Å². The van der Waals surface area contributed by atoms with Gasteiger partial charge in [0.05, 0.1) is 19.3 Å². The summed E-state index contributed by atoms with van der Waals surface area (Å²) >= 11 is 0. The highest BCUT2D eigenvalue weighted by molar-refractivity contribution is 5.32. The highest BCUT2D eigenvalue weighted by Gasteiger charge is 2.37. The molecule has 0 amide bonds. The molecule has 1 saturated heterocycles. The minimum atomic E-state index is -1.12. The van der Waals surface area contributed by atoms with E-state index in [1.807, 2.05) is 6.07 Å². The van der Waals surface area contributed by atoms with E-state index in [2.05, 4.69) is 4.84 Å². The van der Waals surface area contributed by atoms with Crippen molar-refractivity contribution in [3.05, 3.63) is 29.8 Å². The second kappa shape index (κ2) is 6.98. The number of aliphatic hydroxyl groups is 3. The molecule has 0 bridgehead atoms. The first-order chi connectivity index (χ1) is 9.65. The zero-order chi connectivity index (χ0) is 14.5. The van der Waals surface area contributed by atoms with Gasteiger partial charge in [-0.15, -0.1) is 0 Å². The standard InChI is InChI=1S/C13H19NO6/c14-18-7-8-3-1-2-4-10(8)19-12-5-9(16)13(17)11(6-15)20-12/h1-4,9,11-13,15-17H,5-7,14H2. The van der Waals surface area contributed by atoms with Crippen LogP contribution in [0, 0.1) is 0 Å². The number of hydrogen-bond acceptors (Lipinski definition) is 7. The molecule has 1 aromatic rings. The second-order valence-electron chi connectivity index (χ2n) is 4.62. The maximum absolute atomic E-state index is 9.73. The molecule has 0 spiro atoms. The van der Waals surface area contributed by atoms with Gasteiger partial charge in [0.1, 0.15) is 18.0 Å². The van der Waals surface area contributed by atoms with Crippen LogP contribution in [-0.4, -0.2) is 46.5 Å². The molecular formula is C13H19NO6. The third kappa shape index (κ3) is 3.45. The van der Waals surface area contributed by atoms with Crippen molar-refractivity contribution in [2.75, 3.05) is 6.61 Å². The van der Waals surface area contributed by atoms with E-state index in [-0.39, 0.29) is 13.0 Å². The van der Waals surface area contributed by atoms with E-state index in [4.69, 9.17) is 20.5 Å². The van der Waals surface area contributed by atoms with E-state index < -0.39 is 31.2 Å². The molecule has 0 aliphatic carbocycles. The Balaban J connectivity index is 2.06. The van der Waals surface area contributed by atoms with Gasteiger partial charge in [0.15, 0.2) is 0 Å². The van der Waals surface area contributed by atoms with Crippen molar-refractivity contribution in [1.29, 1.82) is 0 Å². The van der Waals surface area contributed by atoms with Gasteiger partial charge in [-0.3, -0.25) is 4.84 Å². The van der Waals surface area contributed by atoms with Crippen molar-refractivity contribution < 1.29 is 29.6 Å². The fourth-order valence-electron chi connectivity index (χ4n) is 2.11. The predicted molar refractivity (Wildman–Crippen MR) is 68.4 cm³/mol. The van der Waals surface area contributed by atoms with Crippen LogP contribution in [0.3, 0.4) is 0 Å². The van der Waals surface area contributed by atoms with Gasteiger partial charge >= 0.3 is 0 Å². The first-order valence-electron chi connectivity index (χ1n) is 6.34. The smallest absolute Gasteiger partial charge is 0.202 e. The van der Waals surface area contributed by atoms with E-state index in [0.29, 0.717) is 5.75 Å². The summed E-state index contributed by atoms with van der Waals surface area (Å²) in [6, 6.07) is 7.12. The lowest BCUT2D eigenvalue weighted by Crippen LogP contribution is -2.51. The van der Waals surface area contributed by atoms with E-state index in [0.717, 1.165) is 5.56 Å². The fraction of sp³-hybridized carbons (Fsp3) is 0.538. The number of hydrogen-bond donors (Lipinski definition) is 4. The van der Waals surface area contributed by atoms with Gasteiger partial charge in [0.2, 0.25) is 6.29 Å². The van der Waals surface area contributed by atoms with E-state index >= 15 is 0 Å². The molecule has 112 valence electrons. The SMILES string of the molecule is NOCc1ccccc1OC1CC(O)C(O)C(CO)O1. The maximum Gasteiger partial charge on any atom is 0.202 e. The van der Waals surface area contributed by atoms with Crippen molar-refractivity contribution in [1.82, 2.24) is 0 Å². The molecule has 7 heteroatoms. The molecular weight excluding hydrogens is 266 g/mol. The number of rotatable bonds is 5. The normalized spacial score (nSPS) is 30.2. The Bertz CT molecular complexity index is 429. The number of benzene rings is 1. The van der Waals surface area contributed by atoms with E-state index in [9.17, 15) is 10.2 Å². The van der Waals surface area contributed by atoms with Crippen LogP contribution in [-0.2, 0) is 16.2 Å². The molecule has 0 saturated carbocycles. The average Bonchev–Trinajstić information content (AvgIpc) is 2.45. The molecule has 1 fully saturated rings. The molecule has 7 nitrogen and oxygen atoms in total. The lowest BCUT2D eigenvalue weighted by atomic mass is 10.0. The molecule has 4 atom stereocenters. The van der Waals surface area contributed by atoms with Gasteiger partial charge in [0, 0.05) is 12.0 Å². The monoisotopic (exact) mass is 285 g/mol. The van der Waals surface area contributed by atoms with Crippen LogP contribution >= 0.6 is 0 Å². The first kappa shape index (κ1) is 15.2. The Morgan fingerprint density at radius 2 is 2.05 bits per heavy atom. The third-order valence-electron chi connectivity index (χ3n) is 3.19. The van der Waals surface area contributed by atoms with Crippen LogP contribution in [0.25, 0.3) is 0 Å². The zero-order valence-electron chi connectivity index (χ0n) is 10.9. The summed E-state index contributed by atoms with van der Waals surface area (Å²) in [5, 5.41) is 28.5. The Labute approximate surface area is 116 Å². The fourth-order valence-corrected chi connectivity index (χ4v) is 2.11. The molecule has 20 heavy (non-hydrogen) atoms. The van der Waals surface area contributed by atoms with E-state index in [1.54, 1.807) is 18.2 Å². The largest absolute Gasteiger partial charge is 0.464 e. The van der Waals surface area contributed by atoms with Gasteiger partial charge in [0.25, 0.3) is 0 Å². The molecule has 1 aliphatic rings. The highest BCUT2D eigenvalue weighted by Crippen LogP contribution is 2.26. The van der Waals surface area contributed by atoms with Crippen molar-refractivity contribution in [3.8, 4) is 5.75 Å². The highest BCUT2D eigenvalue weighted by atomic mass is 16.7. The summed E-state index contributed by atoms with van der Waals surface area (Å²) in [5.74, 6) is 5.57. The minimum absolute atomic E-state index is 0.107. The zero-order valence-corrected chi connectivity index (χ0v) is 10.9. The van der Waals surface area contributed by atoms with Gasteiger partial charge in [-0.1, -0.05) is 18.2 Å². The third-order valence-corrected chi connectivity index (χ3v) is 3.19. The molecule has 5 N–H and O–H groups in total. The Morgan fingerprint density at radius 3 is 2.75 bits per heavy atom. The number of nitrogens with two attached hydrogens (primary N) is 1. The second-order valence-corrected chi connectivity index (χ2v) is 4.62. The van der Waals surface area contributed by atoms with Crippen LogP contribution in [0.5, 0.6) is 5.75 Å². The Hall–Kier alpha value is -1.22. The Morgan fingerprint density at radius 1 is 1.30 bits per heavy atom. The molecule has 4 unspecified atom stereocenters. The van der Waals surface area contributed by atoms with E-state index in [1.165, 1.54) is 0 Å². The van der Waals surface area contributed by atoms with Crippen LogP contribution in [0.1, 0.15) is 12.0 Å². The summed E-state index contributed by atoms with van der Waals surface area (Å²) < 4.78 is 11.1. The topological polar surface area (TPSA) is 114 Å². The van der Waals surface area contributed by atoms with Crippen LogP contribution in [0.4, 0.5) is 0 Å². The summed E-state index contributed by atoms with van der Waals surface area (Å²) in [7, 11) is 0. The van der Waals surface area contributed by atoms with Gasteiger partial charge in [-0.25, -0.2) is 5.90 Å². The number of ether oxygens (including phenoxy) is 2. The number of aliphatic hydroxyl groups excluding tert-OH is 3. The summed E-state index contributed by atoms with van der Waals surface area (Å²) in [5.41, 5.74) is 0.736. The van der Waals surface area contributed by atoms with Crippen LogP contribution < -0.4 is 10.6 Å². The predicted octanol–water partition coefficient (Wildman–Crippen LogP) is -0.715. The molecule has 1 aliphatic heterocycles.